The molecule has 1 saturated heterocycles. The van der Waals surface area contributed by atoms with Crippen LogP contribution in [0.3, 0.4) is 0 Å². The molecule has 6 nitrogen and oxygen atoms in total. The molecule has 1 unspecified atom stereocenters. The van der Waals surface area contributed by atoms with E-state index in [2.05, 4.69) is 5.32 Å². The first-order valence-electron chi connectivity index (χ1n) is 8.88. The number of halogens is 1. The van der Waals surface area contributed by atoms with Crippen molar-refractivity contribution in [1.82, 2.24) is 10.2 Å². The van der Waals surface area contributed by atoms with E-state index in [0.717, 1.165) is 24.2 Å². The molecule has 1 atom stereocenters. The minimum absolute atomic E-state index is 0. The number of likely N-dealkylation sites (tertiary alicyclic amines) is 1. The van der Waals surface area contributed by atoms with E-state index < -0.39 is 0 Å². The van der Waals surface area contributed by atoms with Gasteiger partial charge in [-0.1, -0.05) is 26.0 Å². The summed E-state index contributed by atoms with van der Waals surface area (Å²) in [5.74, 6) is 0.415. The molecule has 1 aliphatic heterocycles. The second kappa shape index (κ2) is 9.78. The first kappa shape index (κ1) is 22.3. The Morgan fingerprint density at radius 3 is 2.46 bits per heavy atom. The average molecular weight is 384 g/mol. The first-order valence-corrected chi connectivity index (χ1v) is 8.88. The Balaban J connectivity index is 0.00000338. The van der Waals surface area contributed by atoms with Crippen LogP contribution in [0, 0.1) is 5.92 Å². The van der Waals surface area contributed by atoms with Crippen LogP contribution in [0.1, 0.15) is 38.7 Å². The maximum atomic E-state index is 12.4. The van der Waals surface area contributed by atoms with Gasteiger partial charge in [-0.05, 0) is 30.5 Å². The van der Waals surface area contributed by atoms with Gasteiger partial charge in [0, 0.05) is 31.6 Å². The monoisotopic (exact) mass is 383 g/mol. The van der Waals surface area contributed by atoms with E-state index in [0.29, 0.717) is 19.6 Å². The molecule has 7 heteroatoms. The lowest BCUT2D eigenvalue weighted by Crippen LogP contribution is -2.50. The Bertz CT molecular complexity index is 603. The highest BCUT2D eigenvalue weighted by Gasteiger charge is 2.34. The van der Waals surface area contributed by atoms with Crippen LogP contribution in [-0.2, 0) is 16.1 Å². The molecule has 26 heavy (non-hydrogen) atoms. The predicted molar refractivity (Wildman–Crippen MR) is 104 cm³/mol. The Morgan fingerprint density at radius 2 is 1.92 bits per heavy atom. The van der Waals surface area contributed by atoms with Crippen molar-refractivity contribution in [3.63, 3.8) is 0 Å². The molecule has 1 aliphatic rings. The quantitative estimate of drug-likeness (QED) is 0.719. The third-order valence-electron chi connectivity index (χ3n) is 5.14. The zero-order chi connectivity index (χ0) is 18.4. The van der Waals surface area contributed by atoms with Gasteiger partial charge in [0.05, 0.1) is 13.0 Å². The van der Waals surface area contributed by atoms with Crippen molar-refractivity contribution in [3.8, 4) is 5.75 Å². The molecular weight excluding hydrogens is 354 g/mol. The van der Waals surface area contributed by atoms with Crippen LogP contribution in [0.4, 0.5) is 0 Å². The number of nitrogens with two attached hydrogens (primary N) is 1. The third-order valence-corrected chi connectivity index (χ3v) is 5.14. The van der Waals surface area contributed by atoms with Crippen LogP contribution in [0.2, 0.25) is 0 Å². The van der Waals surface area contributed by atoms with Crippen LogP contribution < -0.4 is 15.8 Å². The number of carbonyl (C=O) groups is 2. The minimum atomic E-state index is -0.374. The van der Waals surface area contributed by atoms with Crippen molar-refractivity contribution in [2.75, 3.05) is 20.2 Å². The first-order chi connectivity index (χ1) is 11.9. The van der Waals surface area contributed by atoms with Gasteiger partial charge in [0.25, 0.3) is 0 Å². The van der Waals surface area contributed by atoms with Crippen molar-refractivity contribution in [1.29, 1.82) is 0 Å². The summed E-state index contributed by atoms with van der Waals surface area (Å²) in [4.78, 5) is 26.4. The molecule has 3 N–H and O–H groups in total. The molecule has 0 spiro atoms. The lowest BCUT2D eigenvalue weighted by atomic mass is 9.94. The molecule has 0 radical (unpaired) electrons. The summed E-state index contributed by atoms with van der Waals surface area (Å²) in [5.41, 5.74) is 6.87. The zero-order valence-electron chi connectivity index (χ0n) is 15.8. The molecule has 0 aliphatic carbocycles. The summed E-state index contributed by atoms with van der Waals surface area (Å²) in [7, 11) is 1.62. The normalized spacial score (nSPS) is 17.0. The second-order valence-corrected chi connectivity index (χ2v) is 6.81. The largest absolute Gasteiger partial charge is 0.497 e. The van der Waals surface area contributed by atoms with Crippen LogP contribution >= 0.6 is 12.4 Å². The van der Waals surface area contributed by atoms with E-state index in [1.807, 2.05) is 38.1 Å². The maximum absolute atomic E-state index is 12.4. The minimum Gasteiger partial charge on any atom is -0.497 e. The Hall–Kier alpha value is -1.79. The number of methoxy groups -OCH3 is 1. The summed E-state index contributed by atoms with van der Waals surface area (Å²) in [5, 5.41) is 2.93. The number of ether oxygens (including phenoxy) is 1. The van der Waals surface area contributed by atoms with E-state index in [4.69, 9.17) is 10.5 Å². The average Bonchev–Trinajstić information content (AvgIpc) is 3.00. The van der Waals surface area contributed by atoms with Gasteiger partial charge >= 0.3 is 0 Å². The van der Waals surface area contributed by atoms with Crippen LogP contribution in [0.25, 0.3) is 0 Å². The number of rotatable bonds is 8. The molecule has 1 fully saturated rings. The van der Waals surface area contributed by atoms with Crippen LogP contribution in [-0.4, -0.2) is 42.5 Å². The third kappa shape index (κ3) is 5.61. The summed E-state index contributed by atoms with van der Waals surface area (Å²) in [6.07, 6.45) is 1.87. The molecule has 1 heterocycles. The van der Waals surface area contributed by atoms with Gasteiger partial charge in [-0.25, -0.2) is 0 Å². The van der Waals surface area contributed by atoms with Gasteiger partial charge in [-0.3, -0.25) is 9.59 Å². The number of amides is 2. The maximum Gasteiger partial charge on any atom is 0.225 e. The molecule has 0 aromatic heterocycles. The van der Waals surface area contributed by atoms with Crippen molar-refractivity contribution in [2.45, 2.75) is 45.2 Å². The second-order valence-electron chi connectivity index (χ2n) is 6.81. The van der Waals surface area contributed by atoms with Crippen LogP contribution in [0.15, 0.2) is 24.3 Å². The number of nitrogens with zero attached hydrogens (tertiary/aromatic N) is 1. The van der Waals surface area contributed by atoms with Crippen LogP contribution in [0.5, 0.6) is 5.75 Å². The highest BCUT2D eigenvalue weighted by atomic mass is 35.5. The number of hydrogen-bond acceptors (Lipinski definition) is 4. The van der Waals surface area contributed by atoms with Gasteiger partial charge in [0.15, 0.2) is 0 Å². The summed E-state index contributed by atoms with van der Waals surface area (Å²) in [6.45, 7) is 5.45. The van der Waals surface area contributed by atoms with Crippen molar-refractivity contribution in [3.05, 3.63) is 29.8 Å². The molecule has 2 rings (SSSR count). The van der Waals surface area contributed by atoms with Gasteiger partial charge in [-0.2, -0.15) is 0 Å². The highest BCUT2D eigenvalue weighted by Crippen LogP contribution is 2.22. The van der Waals surface area contributed by atoms with Gasteiger partial charge < -0.3 is 20.7 Å². The molecular formula is C19H30ClN3O3. The molecule has 2 amide bonds. The summed E-state index contributed by atoms with van der Waals surface area (Å²) >= 11 is 0. The predicted octanol–water partition coefficient (Wildman–Crippen LogP) is 2.10. The van der Waals surface area contributed by atoms with E-state index >= 15 is 0 Å². The summed E-state index contributed by atoms with van der Waals surface area (Å²) in [6, 6.07) is 7.61. The highest BCUT2D eigenvalue weighted by molar-refractivity contribution is 5.89. The fraction of sp³-hybridized carbons (Fsp3) is 0.579. The standard InChI is InChI=1S/C19H29N3O3.ClH/c1-4-19(20,5-2)13-21-18(24)15-10-17(23)22(12-15)11-14-6-8-16(25-3)9-7-14;/h6-9,15H,4-5,10-13,20H2,1-3H3,(H,21,24);1H. The molecule has 146 valence electrons. The lowest BCUT2D eigenvalue weighted by Gasteiger charge is -2.27. The van der Waals surface area contributed by atoms with Gasteiger partial charge in [0.2, 0.25) is 11.8 Å². The fourth-order valence-corrected chi connectivity index (χ4v) is 2.96. The van der Waals surface area contributed by atoms with Crippen molar-refractivity contribution < 1.29 is 14.3 Å². The fourth-order valence-electron chi connectivity index (χ4n) is 2.96. The van der Waals surface area contributed by atoms with E-state index in [-0.39, 0.29) is 42.1 Å². The smallest absolute Gasteiger partial charge is 0.225 e. The SMILES string of the molecule is CCC(N)(CC)CNC(=O)C1CC(=O)N(Cc2ccc(OC)cc2)C1.Cl. The lowest BCUT2D eigenvalue weighted by molar-refractivity contribution is -0.129. The molecule has 1 aromatic carbocycles. The van der Waals surface area contributed by atoms with E-state index in [9.17, 15) is 9.59 Å². The molecule has 0 saturated carbocycles. The Morgan fingerprint density at radius 1 is 1.31 bits per heavy atom. The van der Waals surface area contributed by atoms with E-state index in [1.165, 1.54) is 0 Å². The molecule has 1 aromatic rings. The molecule has 0 bridgehead atoms. The summed E-state index contributed by atoms with van der Waals surface area (Å²) < 4.78 is 5.14. The van der Waals surface area contributed by atoms with Gasteiger partial charge in [-0.15, -0.1) is 12.4 Å². The zero-order valence-corrected chi connectivity index (χ0v) is 16.6. The topological polar surface area (TPSA) is 84.7 Å². The number of benzene rings is 1. The number of carbonyl (C=O) groups excluding carboxylic acids is 2. The van der Waals surface area contributed by atoms with Crippen molar-refractivity contribution >= 4 is 24.2 Å². The van der Waals surface area contributed by atoms with Crippen molar-refractivity contribution in [2.24, 2.45) is 11.7 Å². The van der Waals surface area contributed by atoms with Gasteiger partial charge in [0.1, 0.15) is 5.75 Å². The number of nitrogens with one attached hydrogen (secondary N) is 1. The Kier molecular flexibility index (Phi) is 8.37. The Labute approximate surface area is 161 Å². The van der Waals surface area contributed by atoms with E-state index in [1.54, 1.807) is 12.0 Å². The number of hydrogen-bond donors (Lipinski definition) is 2.